The highest BCUT2D eigenvalue weighted by Gasteiger charge is 2.25. The Labute approximate surface area is 140 Å². The van der Waals surface area contributed by atoms with Gasteiger partial charge in [-0.3, -0.25) is 4.79 Å². The molecule has 124 valence electrons. The van der Waals surface area contributed by atoms with Crippen LogP contribution in [0.5, 0.6) is 5.75 Å². The van der Waals surface area contributed by atoms with Crippen LogP contribution >= 0.6 is 0 Å². The highest BCUT2D eigenvalue weighted by Crippen LogP contribution is 2.34. The minimum atomic E-state index is -3.84. The van der Waals surface area contributed by atoms with Crippen molar-refractivity contribution < 1.29 is 17.9 Å². The van der Waals surface area contributed by atoms with E-state index in [1.807, 2.05) is 31.2 Å². The first-order valence-electron chi connectivity index (χ1n) is 7.31. The number of anilines is 1. The van der Waals surface area contributed by atoms with E-state index in [1.54, 1.807) is 6.08 Å². The predicted octanol–water partition coefficient (Wildman–Crippen LogP) is 2.23. The summed E-state index contributed by atoms with van der Waals surface area (Å²) in [6.07, 6.45) is 1.69. The number of carbonyl (C=O) groups is 1. The van der Waals surface area contributed by atoms with Crippen molar-refractivity contribution in [2.24, 2.45) is 5.14 Å². The highest BCUT2D eigenvalue weighted by atomic mass is 32.2. The van der Waals surface area contributed by atoms with Gasteiger partial charge in [-0.05, 0) is 48.9 Å². The summed E-state index contributed by atoms with van der Waals surface area (Å²) >= 11 is 0. The van der Waals surface area contributed by atoms with E-state index >= 15 is 0 Å². The zero-order valence-electron chi connectivity index (χ0n) is 12.9. The molecule has 7 heteroatoms. The van der Waals surface area contributed by atoms with Crippen LogP contribution in [0.15, 0.2) is 47.4 Å². The third-order valence-corrected chi connectivity index (χ3v) is 4.49. The maximum Gasteiger partial charge on any atom is 0.256 e. The number of benzene rings is 2. The molecule has 3 rings (SSSR count). The van der Waals surface area contributed by atoms with E-state index in [0.29, 0.717) is 29.2 Å². The zero-order valence-corrected chi connectivity index (χ0v) is 13.8. The number of primary sulfonamides is 1. The Morgan fingerprint density at radius 3 is 2.71 bits per heavy atom. The molecule has 0 fully saturated rings. The van der Waals surface area contributed by atoms with E-state index in [4.69, 9.17) is 9.88 Å². The van der Waals surface area contributed by atoms with E-state index in [2.05, 4.69) is 5.32 Å². The molecule has 0 unspecified atom stereocenters. The van der Waals surface area contributed by atoms with Crippen LogP contribution < -0.4 is 15.2 Å². The van der Waals surface area contributed by atoms with Crippen LogP contribution in [0.3, 0.4) is 0 Å². The van der Waals surface area contributed by atoms with Gasteiger partial charge in [-0.1, -0.05) is 12.1 Å². The van der Waals surface area contributed by atoms with Gasteiger partial charge in [0.1, 0.15) is 5.75 Å². The first-order valence-corrected chi connectivity index (χ1v) is 8.86. The molecule has 0 saturated heterocycles. The number of nitrogens with two attached hydrogens (primary N) is 1. The van der Waals surface area contributed by atoms with E-state index in [-0.39, 0.29) is 10.8 Å². The van der Waals surface area contributed by atoms with Crippen molar-refractivity contribution in [2.75, 3.05) is 11.9 Å². The molecular formula is C17H16N2O4S. The number of hydrogen-bond donors (Lipinski definition) is 2. The summed E-state index contributed by atoms with van der Waals surface area (Å²) in [6, 6.07) is 11.6. The van der Waals surface area contributed by atoms with Crippen molar-refractivity contribution in [1.82, 2.24) is 0 Å². The number of amides is 1. The lowest BCUT2D eigenvalue weighted by Gasteiger charge is -2.05. The average Bonchev–Trinajstić information content (AvgIpc) is 2.82. The van der Waals surface area contributed by atoms with Gasteiger partial charge in [-0.2, -0.15) is 0 Å². The average molecular weight is 344 g/mol. The third kappa shape index (κ3) is 3.17. The monoisotopic (exact) mass is 344 g/mol. The van der Waals surface area contributed by atoms with Crippen LogP contribution in [-0.2, 0) is 14.8 Å². The Balaban J connectivity index is 2.07. The Kier molecular flexibility index (Phi) is 4.13. The lowest BCUT2D eigenvalue weighted by atomic mass is 10.0. The minimum Gasteiger partial charge on any atom is -0.494 e. The molecule has 0 aliphatic carbocycles. The molecule has 3 N–H and O–H groups in total. The van der Waals surface area contributed by atoms with Crippen molar-refractivity contribution >= 4 is 33.3 Å². The Morgan fingerprint density at radius 2 is 2.00 bits per heavy atom. The topological polar surface area (TPSA) is 98.5 Å². The van der Waals surface area contributed by atoms with Crippen molar-refractivity contribution in [3.8, 4) is 5.75 Å². The van der Waals surface area contributed by atoms with E-state index in [1.165, 1.54) is 18.2 Å². The molecule has 0 atom stereocenters. The molecule has 2 aromatic carbocycles. The number of rotatable bonds is 4. The molecule has 0 aromatic heterocycles. The van der Waals surface area contributed by atoms with Gasteiger partial charge in [0.15, 0.2) is 0 Å². The second-order valence-electron chi connectivity index (χ2n) is 5.27. The molecule has 6 nitrogen and oxygen atoms in total. The summed E-state index contributed by atoms with van der Waals surface area (Å²) in [6.45, 7) is 2.43. The molecule has 1 heterocycles. The number of ether oxygens (including phenoxy) is 1. The van der Waals surface area contributed by atoms with E-state index < -0.39 is 10.0 Å². The van der Waals surface area contributed by atoms with Gasteiger partial charge in [0.25, 0.3) is 5.91 Å². The van der Waals surface area contributed by atoms with Gasteiger partial charge in [0.2, 0.25) is 10.0 Å². The molecule has 1 aliphatic rings. The highest BCUT2D eigenvalue weighted by molar-refractivity contribution is 7.89. The van der Waals surface area contributed by atoms with Crippen molar-refractivity contribution in [3.63, 3.8) is 0 Å². The van der Waals surface area contributed by atoms with Gasteiger partial charge in [-0.25, -0.2) is 13.6 Å². The molecule has 2 aromatic rings. The predicted molar refractivity (Wildman–Crippen MR) is 91.9 cm³/mol. The second-order valence-corrected chi connectivity index (χ2v) is 6.83. The lowest BCUT2D eigenvalue weighted by Crippen LogP contribution is -2.12. The van der Waals surface area contributed by atoms with Gasteiger partial charge in [0.05, 0.1) is 11.5 Å². The molecule has 1 aliphatic heterocycles. The molecular weight excluding hydrogens is 328 g/mol. The molecule has 0 bridgehead atoms. The first-order chi connectivity index (χ1) is 11.4. The normalized spacial score (nSPS) is 15.2. The number of fused-ring (bicyclic) bond motifs is 1. The van der Waals surface area contributed by atoms with Crippen molar-refractivity contribution in [2.45, 2.75) is 11.8 Å². The zero-order chi connectivity index (χ0) is 17.3. The number of hydrogen-bond acceptors (Lipinski definition) is 4. The summed E-state index contributed by atoms with van der Waals surface area (Å²) in [4.78, 5) is 12.2. The maximum absolute atomic E-state index is 12.2. The van der Waals surface area contributed by atoms with Crippen LogP contribution in [-0.4, -0.2) is 20.9 Å². The number of carbonyl (C=O) groups excluding carboxylic acids is 1. The summed E-state index contributed by atoms with van der Waals surface area (Å²) in [5.74, 6) is 0.405. The smallest absolute Gasteiger partial charge is 0.256 e. The van der Waals surface area contributed by atoms with Crippen molar-refractivity contribution in [1.29, 1.82) is 0 Å². The Morgan fingerprint density at radius 1 is 1.21 bits per heavy atom. The van der Waals surface area contributed by atoms with E-state index in [9.17, 15) is 13.2 Å². The quantitative estimate of drug-likeness (QED) is 0.831. The Hall–Kier alpha value is -2.64. The number of nitrogens with one attached hydrogen (secondary N) is 1. The SMILES string of the molecule is CCOc1cccc(/C=C2\C(=O)Nc3ccc(S(N)(=O)=O)cc32)c1. The second kappa shape index (κ2) is 6.10. The van der Waals surface area contributed by atoms with E-state index in [0.717, 1.165) is 5.56 Å². The van der Waals surface area contributed by atoms with Crippen LogP contribution in [0.25, 0.3) is 11.6 Å². The fraction of sp³-hybridized carbons (Fsp3) is 0.118. The van der Waals surface area contributed by atoms with Gasteiger partial charge >= 0.3 is 0 Å². The standard InChI is InChI=1S/C17H16N2O4S/c1-2-23-12-5-3-4-11(8-12)9-15-14-10-13(24(18,21)22)6-7-16(14)19-17(15)20/h3-10H,2H2,1H3,(H,19,20)(H2,18,21,22)/b15-9-. The largest absolute Gasteiger partial charge is 0.494 e. The summed E-state index contributed by atoms with van der Waals surface area (Å²) < 4.78 is 28.5. The van der Waals surface area contributed by atoms with Crippen LogP contribution in [0.4, 0.5) is 5.69 Å². The molecule has 0 spiro atoms. The van der Waals surface area contributed by atoms with Gasteiger partial charge in [0, 0.05) is 16.8 Å². The Bertz CT molecular complexity index is 949. The van der Waals surface area contributed by atoms with Crippen LogP contribution in [0.1, 0.15) is 18.1 Å². The van der Waals surface area contributed by atoms with Crippen LogP contribution in [0, 0.1) is 0 Å². The van der Waals surface area contributed by atoms with Crippen molar-refractivity contribution in [3.05, 3.63) is 53.6 Å². The maximum atomic E-state index is 12.2. The minimum absolute atomic E-state index is 0.0354. The fourth-order valence-electron chi connectivity index (χ4n) is 2.51. The lowest BCUT2D eigenvalue weighted by molar-refractivity contribution is -0.110. The first kappa shape index (κ1) is 16.2. The third-order valence-electron chi connectivity index (χ3n) is 3.58. The fourth-order valence-corrected chi connectivity index (χ4v) is 3.05. The van der Waals surface area contributed by atoms with Gasteiger partial charge < -0.3 is 10.1 Å². The van der Waals surface area contributed by atoms with Crippen LogP contribution in [0.2, 0.25) is 0 Å². The summed E-state index contributed by atoms with van der Waals surface area (Å²) in [7, 11) is -3.84. The molecule has 24 heavy (non-hydrogen) atoms. The molecule has 0 radical (unpaired) electrons. The summed E-state index contributed by atoms with van der Waals surface area (Å²) in [5, 5.41) is 7.88. The number of sulfonamides is 1. The molecule has 1 amide bonds. The molecule has 0 saturated carbocycles. The summed E-state index contributed by atoms with van der Waals surface area (Å²) in [5.41, 5.74) is 2.22. The van der Waals surface area contributed by atoms with Gasteiger partial charge in [-0.15, -0.1) is 0 Å².